The number of benzene rings is 1. The van der Waals surface area contributed by atoms with Crippen molar-refractivity contribution in [1.29, 1.82) is 0 Å². The van der Waals surface area contributed by atoms with Gasteiger partial charge in [-0.1, -0.05) is 6.92 Å². The summed E-state index contributed by atoms with van der Waals surface area (Å²) in [6.45, 7) is 8.51. The molecule has 9 nitrogen and oxygen atoms in total. The van der Waals surface area contributed by atoms with Crippen molar-refractivity contribution in [2.24, 2.45) is 5.92 Å². The lowest BCUT2D eigenvalue weighted by Gasteiger charge is -2.38. The van der Waals surface area contributed by atoms with Crippen LogP contribution >= 0.6 is 0 Å². The molecular weight excluding hydrogens is 432 g/mol. The zero-order valence-corrected chi connectivity index (χ0v) is 19.6. The monoisotopic (exact) mass is 464 g/mol. The van der Waals surface area contributed by atoms with Gasteiger partial charge in [0.25, 0.3) is 5.91 Å². The second-order valence-electron chi connectivity index (χ2n) is 8.82. The van der Waals surface area contributed by atoms with Crippen LogP contribution < -0.4 is 10.1 Å². The van der Waals surface area contributed by atoms with Gasteiger partial charge in [-0.25, -0.2) is 8.42 Å². The summed E-state index contributed by atoms with van der Waals surface area (Å²) >= 11 is 0. The Kier molecular flexibility index (Phi) is 6.73. The molecule has 2 fully saturated rings. The van der Waals surface area contributed by atoms with E-state index in [9.17, 15) is 18.0 Å². The van der Waals surface area contributed by atoms with E-state index in [2.05, 4.69) is 17.1 Å². The third-order valence-electron chi connectivity index (χ3n) is 6.48. The van der Waals surface area contributed by atoms with Crippen LogP contribution in [0.4, 0.5) is 5.69 Å². The van der Waals surface area contributed by atoms with Gasteiger partial charge in [-0.05, 0) is 44.4 Å². The number of hydrogen-bond acceptors (Lipinski definition) is 6. The highest BCUT2D eigenvalue weighted by molar-refractivity contribution is 7.89. The van der Waals surface area contributed by atoms with E-state index in [4.69, 9.17) is 4.74 Å². The molecule has 0 aromatic heterocycles. The van der Waals surface area contributed by atoms with Crippen molar-refractivity contribution >= 4 is 27.5 Å². The van der Waals surface area contributed by atoms with Crippen LogP contribution in [-0.4, -0.2) is 86.8 Å². The molecule has 176 valence electrons. The Morgan fingerprint density at radius 1 is 1.19 bits per heavy atom. The molecule has 1 atom stereocenters. The van der Waals surface area contributed by atoms with Gasteiger partial charge in [0.2, 0.25) is 15.9 Å². The SMILES string of the molecule is CCCN1CCN(C(=O)C2CCCN(S(=O)(=O)c3cc4c(cc3C)NC(=O)CO4)C2)CC1. The smallest absolute Gasteiger partial charge is 0.262 e. The standard InChI is InChI=1S/C22H32N4O5S/c1-3-6-24-8-10-25(11-9-24)22(28)17-5-4-7-26(14-17)32(29,30)20-13-19-18(12-16(20)2)23-21(27)15-31-19/h12-13,17H,3-11,14-15H2,1-2H3,(H,23,27). The molecule has 3 aliphatic rings. The number of aryl methyl sites for hydroxylation is 1. The maximum absolute atomic E-state index is 13.5. The van der Waals surface area contributed by atoms with Gasteiger partial charge >= 0.3 is 0 Å². The number of piperazine rings is 1. The Bertz CT molecular complexity index is 988. The first kappa shape index (κ1) is 23.0. The largest absolute Gasteiger partial charge is 0.482 e. The maximum Gasteiger partial charge on any atom is 0.262 e. The predicted octanol–water partition coefficient (Wildman–Crippen LogP) is 1.28. The number of amides is 2. The van der Waals surface area contributed by atoms with Crippen LogP contribution in [0.3, 0.4) is 0 Å². The molecule has 2 saturated heterocycles. The van der Waals surface area contributed by atoms with Crippen LogP contribution in [0.5, 0.6) is 5.75 Å². The Morgan fingerprint density at radius 3 is 2.66 bits per heavy atom. The van der Waals surface area contributed by atoms with E-state index in [1.165, 1.54) is 10.4 Å². The Morgan fingerprint density at radius 2 is 1.94 bits per heavy atom. The number of anilines is 1. The summed E-state index contributed by atoms with van der Waals surface area (Å²) in [6.07, 6.45) is 2.46. The molecule has 0 radical (unpaired) electrons. The van der Waals surface area contributed by atoms with E-state index in [-0.39, 0.29) is 35.8 Å². The molecule has 0 saturated carbocycles. The van der Waals surface area contributed by atoms with Crippen LogP contribution in [0, 0.1) is 12.8 Å². The van der Waals surface area contributed by atoms with E-state index in [0.29, 0.717) is 49.5 Å². The van der Waals surface area contributed by atoms with E-state index in [1.807, 2.05) is 4.90 Å². The number of piperidine rings is 1. The first-order valence-corrected chi connectivity index (χ1v) is 12.8. The number of ether oxygens (including phenoxy) is 1. The van der Waals surface area contributed by atoms with E-state index in [1.54, 1.807) is 13.0 Å². The minimum atomic E-state index is -3.79. The fraction of sp³-hybridized carbons (Fsp3) is 0.636. The van der Waals surface area contributed by atoms with Crippen LogP contribution in [-0.2, 0) is 19.6 Å². The van der Waals surface area contributed by atoms with Gasteiger partial charge in [-0.3, -0.25) is 14.5 Å². The van der Waals surface area contributed by atoms with Crippen molar-refractivity contribution in [3.8, 4) is 5.75 Å². The zero-order chi connectivity index (χ0) is 22.9. The molecule has 0 spiro atoms. The average Bonchev–Trinajstić information content (AvgIpc) is 2.79. The number of carbonyl (C=O) groups is 2. The maximum atomic E-state index is 13.5. The summed E-state index contributed by atoms with van der Waals surface area (Å²) in [5.74, 6) is -0.164. The van der Waals surface area contributed by atoms with Crippen LogP contribution in [0.2, 0.25) is 0 Å². The van der Waals surface area contributed by atoms with Crippen molar-refractivity contribution in [3.05, 3.63) is 17.7 Å². The van der Waals surface area contributed by atoms with Crippen molar-refractivity contribution in [2.75, 3.05) is 57.7 Å². The van der Waals surface area contributed by atoms with Crippen molar-refractivity contribution in [1.82, 2.24) is 14.1 Å². The molecule has 2 amide bonds. The minimum absolute atomic E-state index is 0.0641. The van der Waals surface area contributed by atoms with Gasteiger partial charge in [-0.2, -0.15) is 4.31 Å². The van der Waals surface area contributed by atoms with E-state index >= 15 is 0 Å². The average molecular weight is 465 g/mol. The molecule has 0 bridgehead atoms. The summed E-state index contributed by atoms with van der Waals surface area (Å²) in [5, 5.41) is 2.70. The molecule has 1 N–H and O–H groups in total. The van der Waals surface area contributed by atoms with Gasteiger partial charge in [0.15, 0.2) is 6.61 Å². The molecule has 0 aliphatic carbocycles. The highest BCUT2D eigenvalue weighted by Crippen LogP contribution is 2.35. The van der Waals surface area contributed by atoms with Gasteiger partial charge in [0.05, 0.1) is 16.5 Å². The number of nitrogens with zero attached hydrogens (tertiary/aromatic N) is 3. The number of sulfonamides is 1. The minimum Gasteiger partial charge on any atom is -0.482 e. The summed E-state index contributed by atoms with van der Waals surface area (Å²) in [4.78, 5) is 29.1. The second-order valence-corrected chi connectivity index (χ2v) is 10.7. The van der Waals surface area contributed by atoms with Crippen molar-refractivity contribution < 1.29 is 22.7 Å². The summed E-state index contributed by atoms with van der Waals surface area (Å²) in [7, 11) is -3.79. The lowest BCUT2D eigenvalue weighted by Crippen LogP contribution is -2.53. The lowest BCUT2D eigenvalue weighted by molar-refractivity contribution is -0.138. The summed E-state index contributed by atoms with van der Waals surface area (Å²) in [6, 6.07) is 3.11. The number of nitrogens with one attached hydrogen (secondary N) is 1. The van der Waals surface area contributed by atoms with Crippen LogP contribution in [0.15, 0.2) is 17.0 Å². The number of carbonyl (C=O) groups excluding carboxylic acids is 2. The second kappa shape index (κ2) is 9.36. The number of fused-ring (bicyclic) bond motifs is 1. The topological polar surface area (TPSA) is 99.3 Å². The number of hydrogen-bond donors (Lipinski definition) is 1. The summed E-state index contributed by atoms with van der Waals surface area (Å²) in [5.41, 5.74) is 1.02. The Balaban J connectivity index is 1.47. The quantitative estimate of drug-likeness (QED) is 0.705. The third kappa shape index (κ3) is 4.62. The van der Waals surface area contributed by atoms with Gasteiger partial charge < -0.3 is 15.0 Å². The van der Waals surface area contributed by atoms with Crippen LogP contribution in [0.1, 0.15) is 31.7 Å². The van der Waals surface area contributed by atoms with Gasteiger partial charge in [0, 0.05) is 45.3 Å². The molecule has 1 aromatic carbocycles. The molecule has 4 rings (SSSR count). The first-order valence-electron chi connectivity index (χ1n) is 11.4. The molecule has 3 aliphatic heterocycles. The lowest BCUT2D eigenvalue weighted by atomic mass is 9.98. The molecular formula is C22H32N4O5S. The molecule has 1 aromatic rings. The molecule has 1 unspecified atom stereocenters. The molecule has 3 heterocycles. The highest BCUT2D eigenvalue weighted by Gasteiger charge is 2.37. The van der Waals surface area contributed by atoms with Crippen molar-refractivity contribution in [2.45, 2.75) is 38.0 Å². The Hall–Kier alpha value is -2.17. The fourth-order valence-electron chi connectivity index (χ4n) is 4.76. The Labute approximate surface area is 189 Å². The fourth-order valence-corrected chi connectivity index (χ4v) is 6.51. The highest BCUT2D eigenvalue weighted by atomic mass is 32.2. The normalized spacial score (nSPS) is 22.8. The van der Waals surface area contributed by atoms with Gasteiger partial charge in [0.1, 0.15) is 5.75 Å². The van der Waals surface area contributed by atoms with E-state index < -0.39 is 10.0 Å². The molecule has 10 heteroatoms. The third-order valence-corrected chi connectivity index (χ3v) is 8.49. The number of rotatable bonds is 5. The zero-order valence-electron chi connectivity index (χ0n) is 18.8. The summed E-state index contributed by atoms with van der Waals surface area (Å²) < 4.78 is 33.8. The van der Waals surface area contributed by atoms with Crippen molar-refractivity contribution in [3.63, 3.8) is 0 Å². The van der Waals surface area contributed by atoms with Gasteiger partial charge in [-0.15, -0.1) is 0 Å². The van der Waals surface area contributed by atoms with Crippen LogP contribution in [0.25, 0.3) is 0 Å². The molecule has 32 heavy (non-hydrogen) atoms. The predicted molar refractivity (Wildman–Crippen MR) is 120 cm³/mol. The van der Waals surface area contributed by atoms with E-state index in [0.717, 1.165) is 26.1 Å². The first-order chi connectivity index (χ1) is 15.3.